The van der Waals surface area contributed by atoms with Gasteiger partial charge in [-0.15, -0.1) is 0 Å². The third kappa shape index (κ3) is 4.72. The summed E-state index contributed by atoms with van der Waals surface area (Å²) in [6, 6.07) is 0.321. The van der Waals surface area contributed by atoms with Crippen molar-refractivity contribution < 1.29 is 4.74 Å². The Labute approximate surface area is 127 Å². The Morgan fingerprint density at radius 1 is 1.24 bits per heavy atom. The van der Waals surface area contributed by atoms with Crippen molar-refractivity contribution in [2.75, 3.05) is 23.7 Å². The third-order valence-corrected chi connectivity index (χ3v) is 3.79. The zero-order valence-corrected chi connectivity index (χ0v) is 13.4. The van der Waals surface area contributed by atoms with Gasteiger partial charge in [0.15, 0.2) is 0 Å². The number of nitrogen functional groups attached to an aromatic ring is 1. The SMILES string of the molecule is CCCC1CCCN(c2nc(N)nc(OC(C)C)n2)CC1. The number of nitrogens with zero attached hydrogens (tertiary/aromatic N) is 4. The average Bonchev–Trinajstić information content (AvgIpc) is 2.63. The van der Waals surface area contributed by atoms with E-state index < -0.39 is 0 Å². The van der Waals surface area contributed by atoms with Gasteiger partial charge in [-0.25, -0.2) is 0 Å². The number of ether oxygens (including phenoxy) is 1. The molecule has 1 aliphatic heterocycles. The van der Waals surface area contributed by atoms with Crippen molar-refractivity contribution in [1.82, 2.24) is 15.0 Å². The van der Waals surface area contributed by atoms with Gasteiger partial charge in [0.2, 0.25) is 11.9 Å². The van der Waals surface area contributed by atoms with Gasteiger partial charge < -0.3 is 15.4 Å². The molecule has 0 radical (unpaired) electrons. The third-order valence-electron chi connectivity index (χ3n) is 3.79. The standard InChI is InChI=1S/C15H27N5O/c1-4-6-12-7-5-9-20(10-8-12)14-17-13(16)18-15(19-14)21-11(2)3/h11-12H,4-10H2,1-3H3,(H2,16,17,18,19). The lowest BCUT2D eigenvalue weighted by Gasteiger charge is -2.21. The minimum atomic E-state index is 0.0257. The number of anilines is 2. The Kier molecular flexibility index (Phi) is 5.59. The first-order chi connectivity index (χ1) is 10.1. The zero-order valence-electron chi connectivity index (χ0n) is 13.4. The van der Waals surface area contributed by atoms with Gasteiger partial charge in [-0.2, -0.15) is 15.0 Å². The minimum absolute atomic E-state index is 0.0257. The van der Waals surface area contributed by atoms with Crippen LogP contribution in [0.15, 0.2) is 0 Å². The van der Waals surface area contributed by atoms with E-state index in [9.17, 15) is 0 Å². The first-order valence-electron chi connectivity index (χ1n) is 8.01. The summed E-state index contributed by atoms with van der Waals surface area (Å²) in [5, 5.41) is 0. The fourth-order valence-electron chi connectivity index (χ4n) is 2.83. The molecule has 21 heavy (non-hydrogen) atoms. The number of hydrogen-bond donors (Lipinski definition) is 1. The summed E-state index contributed by atoms with van der Waals surface area (Å²) in [5.74, 6) is 1.70. The molecule has 2 N–H and O–H groups in total. The summed E-state index contributed by atoms with van der Waals surface area (Å²) in [6.07, 6.45) is 6.26. The lowest BCUT2D eigenvalue weighted by atomic mass is 9.96. The summed E-state index contributed by atoms with van der Waals surface area (Å²) >= 11 is 0. The molecular weight excluding hydrogens is 266 g/mol. The van der Waals surface area contributed by atoms with Crippen molar-refractivity contribution in [3.63, 3.8) is 0 Å². The minimum Gasteiger partial charge on any atom is -0.461 e. The molecular formula is C15H27N5O. The number of aromatic nitrogens is 3. The van der Waals surface area contributed by atoms with Crippen LogP contribution in [0.25, 0.3) is 0 Å². The van der Waals surface area contributed by atoms with Crippen molar-refractivity contribution in [3.8, 4) is 6.01 Å². The van der Waals surface area contributed by atoms with Gasteiger partial charge >= 0.3 is 6.01 Å². The Hall–Kier alpha value is -1.59. The second-order valence-corrected chi connectivity index (χ2v) is 6.02. The fourth-order valence-corrected chi connectivity index (χ4v) is 2.83. The van der Waals surface area contributed by atoms with Crippen LogP contribution in [0.1, 0.15) is 52.9 Å². The average molecular weight is 293 g/mol. The van der Waals surface area contributed by atoms with Crippen molar-refractivity contribution >= 4 is 11.9 Å². The quantitative estimate of drug-likeness (QED) is 0.899. The van der Waals surface area contributed by atoms with Gasteiger partial charge in [-0.1, -0.05) is 19.8 Å². The zero-order chi connectivity index (χ0) is 15.2. The summed E-state index contributed by atoms with van der Waals surface area (Å²) in [5.41, 5.74) is 5.79. The topological polar surface area (TPSA) is 77.2 Å². The van der Waals surface area contributed by atoms with E-state index >= 15 is 0 Å². The van der Waals surface area contributed by atoms with E-state index in [4.69, 9.17) is 10.5 Å². The van der Waals surface area contributed by atoms with E-state index in [1.807, 2.05) is 13.8 Å². The number of rotatable bonds is 5. The molecule has 0 aromatic carbocycles. The van der Waals surface area contributed by atoms with Crippen molar-refractivity contribution in [1.29, 1.82) is 0 Å². The highest BCUT2D eigenvalue weighted by molar-refractivity contribution is 5.36. The Morgan fingerprint density at radius 2 is 2.05 bits per heavy atom. The highest BCUT2D eigenvalue weighted by atomic mass is 16.5. The van der Waals surface area contributed by atoms with E-state index in [2.05, 4.69) is 26.8 Å². The maximum absolute atomic E-state index is 5.79. The van der Waals surface area contributed by atoms with Crippen LogP contribution >= 0.6 is 0 Å². The summed E-state index contributed by atoms with van der Waals surface area (Å²) < 4.78 is 5.55. The van der Waals surface area contributed by atoms with Crippen LogP contribution in [0.3, 0.4) is 0 Å². The highest BCUT2D eigenvalue weighted by Crippen LogP contribution is 2.24. The van der Waals surface area contributed by atoms with Crippen LogP contribution < -0.4 is 15.4 Å². The van der Waals surface area contributed by atoms with E-state index in [-0.39, 0.29) is 12.1 Å². The molecule has 1 atom stereocenters. The van der Waals surface area contributed by atoms with Crippen molar-refractivity contribution in [2.45, 2.75) is 59.0 Å². The molecule has 0 amide bonds. The second-order valence-electron chi connectivity index (χ2n) is 6.02. The predicted molar refractivity (Wildman–Crippen MR) is 84.5 cm³/mol. The normalized spacial score (nSPS) is 19.6. The fraction of sp³-hybridized carbons (Fsp3) is 0.800. The molecule has 0 aliphatic carbocycles. The van der Waals surface area contributed by atoms with Gasteiger partial charge in [0.05, 0.1) is 6.10 Å². The molecule has 1 saturated heterocycles. The lowest BCUT2D eigenvalue weighted by Crippen LogP contribution is -2.27. The van der Waals surface area contributed by atoms with Gasteiger partial charge in [0, 0.05) is 13.1 Å². The molecule has 0 saturated carbocycles. The van der Waals surface area contributed by atoms with E-state index in [1.54, 1.807) is 0 Å². The maximum atomic E-state index is 5.79. The smallest absolute Gasteiger partial charge is 0.323 e. The summed E-state index contributed by atoms with van der Waals surface area (Å²) in [7, 11) is 0. The van der Waals surface area contributed by atoms with E-state index in [0.29, 0.717) is 12.0 Å². The Balaban J connectivity index is 2.08. The van der Waals surface area contributed by atoms with Crippen molar-refractivity contribution in [3.05, 3.63) is 0 Å². The second kappa shape index (κ2) is 7.43. The van der Waals surface area contributed by atoms with Crippen molar-refractivity contribution in [2.24, 2.45) is 5.92 Å². The molecule has 1 unspecified atom stereocenters. The maximum Gasteiger partial charge on any atom is 0.323 e. The molecule has 1 fully saturated rings. The molecule has 0 spiro atoms. The van der Waals surface area contributed by atoms with Gasteiger partial charge in [0.25, 0.3) is 0 Å². The molecule has 1 aromatic heterocycles. The van der Waals surface area contributed by atoms with Crippen LogP contribution in [0.5, 0.6) is 6.01 Å². The molecule has 1 aliphatic rings. The molecule has 6 nitrogen and oxygen atoms in total. The molecule has 2 heterocycles. The highest BCUT2D eigenvalue weighted by Gasteiger charge is 2.19. The molecule has 6 heteroatoms. The van der Waals surface area contributed by atoms with Crippen LogP contribution in [0.4, 0.5) is 11.9 Å². The lowest BCUT2D eigenvalue weighted by molar-refractivity contribution is 0.222. The largest absolute Gasteiger partial charge is 0.461 e. The van der Waals surface area contributed by atoms with Crippen LogP contribution in [-0.4, -0.2) is 34.1 Å². The van der Waals surface area contributed by atoms with Gasteiger partial charge in [0.1, 0.15) is 0 Å². The molecule has 1 aromatic rings. The molecule has 2 rings (SSSR count). The molecule has 0 bridgehead atoms. The summed E-state index contributed by atoms with van der Waals surface area (Å²) in [6.45, 7) is 8.10. The summed E-state index contributed by atoms with van der Waals surface area (Å²) in [4.78, 5) is 14.9. The van der Waals surface area contributed by atoms with E-state index in [0.717, 1.165) is 19.0 Å². The number of nitrogens with two attached hydrogens (primary N) is 1. The number of hydrogen-bond acceptors (Lipinski definition) is 6. The van der Waals surface area contributed by atoms with Crippen LogP contribution in [0, 0.1) is 5.92 Å². The van der Waals surface area contributed by atoms with Gasteiger partial charge in [-0.3, -0.25) is 0 Å². The predicted octanol–water partition coefficient (Wildman–Crippen LogP) is 2.65. The first-order valence-corrected chi connectivity index (χ1v) is 8.01. The first kappa shape index (κ1) is 15.8. The monoisotopic (exact) mass is 293 g/mol. The molecule has 118 valence electrons. The van der Waals surface area contributed by atoms with Gasteiger partial charge in [-0.05, 0) is 39.0 Å². The van der Waals surface area contributed by atoms with E-state index in [1.165, 1.54) is 32.1 Å². The Morgan fingerprint density at radius 3 is 2.76 bits per heavy atom. The van der Waals surface area contributed by atoms with Crippen LogP contribution in [-0.2, 0) is 0 Å². The Bertz CT molecular complexity index is 452. The van der Waals surface area contributed by atoms with Crippen LogP contribution in [0.2, 0.25) is 0 Å².